The molecule has 0 bridgehead atoms. The van der Waals surface area contributed by atoms with Crippen molar-refractivity contribution in [3.63, 3.8) is 0 Å². The lowest BCUT2D eigenvalue weighted by Crippen LogP contribution is -2.49. The van der Waals surface area contributed by atoms with Crippen LogP contribution in [0.25, 0.3) is 0 Å². The molecule has 0 aromatic heterocycles. The van der Waals surface area contributed by atoms with Gasteiger partial charge in [0.25, 0.3) is 0 Å². The van der Waals surface area contributed by atoms with Gasteiger partial charge in [0.05, 0.1) is 21.1 Å². The maximum atomic E-state index is 10.1. The lowest BCUT2D eigenvalue weighted by Gasteiger charge is -2.33. The van der Waals surface area contributed by atoms with Crippen molar-refractivity contribution in [1.82, 2.24) is 0 Å². The molecular weight excluding hydrogens is 226 g/mol. The van der Waals surface area contributed by atoms with Gasteiger partial charge in [0, 0.05) is 12.4 Å². The molecule has 0 spiro atoms. The van der Waals surface area contributed by atoms with Crippen LogP contribution in [0.1, 0.15) is 6.42 Å². The minimum absolute atomic E-state index is 0.296. The van der Waals surface area contributed by atoms with Crippen LogP contribution in [0, 0.1) is 0 Å². The molecule has 0 aliphatic carbocycles. The molecule has 0 fully saturated rings. The summed E-state index contributed by atoms with van der Waals surface area (Å²) in [7, 11) is 5.58. The second-order valence-electron chi connectivity index (χ2n) is 3.63. The van der Waals surface area contributed by atoms with Crippen molar-refractivity contribution >= 4 is 21.9 Å². The summed E-state index contributed by atoms with van der Waals surface area (Å²) in [5.41, 5.74) is 0. The normalized spacial score (nSPS) is 17.1. The molecule has 0 aromatic rings. The van der Waals surface area contributed by atoms with Gasteiger partial charge in [0.2, 0.25) is 0 Å². The van der Waals surface area contributed by atoms with E-state index < -0.39 is 12.1 Å². The van der Waals surface area contributed by atoms with Crippen LogP contribution >= 0.6 is 15.9 Å². The molecule has 0 rings (SSSR count). The number of carboxylic acid groups (broad SMARTS) is 1. The highest BCUT2D eigenvalue weighted by Crippen LogP contribution is 2.16. The number of hydrogen-bond acceptors (Lipinski definition) is 3. The van der Waals surface area contributed by atoms with E-state index in [4.69, 9.17) is 0 Å². The Morgan fingerprint density at radius 3 is 2.25 bits per heavy atom. The molecule has 2 atom stereocenters. The standard InChI is InChI=1S/C7H14BrNO3/c1-9(2,3)7(8)5(10)4-6(11)12/h5,7,10H,4H2,1-3H3. The molecule has 12 heavy (non-hydrogen) atoms. The van der Waals surface area contributed by atoms with Crippen molar-refractivity contribution in [3.8, 4) is 0 Å². The Labute approximate surface area is 80.5 Å². The Bertz CT molecular complexity index is 167. The SMILES string of the molecule is C[N+](C)(C)C(Br)C(O)CC(=O)[O-]. The van der Waals surface area contributed by atoms with Gasteiger partial charge in [-0.2, -0.15) is 0 Å². The van der Waals surface area contributed by atoms with E-state index in [0.717, 1.165) is 0 Å². The largest absolute Gasteiger partial charge is 0.550 e. The summed E-state index contributed by atoms with van der Waals surface area (Å²) in [6.45, 7) is 0. The number of quaternary nitrogens is 1. The number of halogens is 1. The molecule has 0 aliphatic heterocycles. The quantitative estimate of drug-likeness (QED) is 0.386. The number of carboxylic acids is 1. The molecule has 0 radical (unpaired) electrons. The summed E-state index contributed by atoms with van der Waals surface area (Å²) in [6.07, 6.45) is -1.26. The van der Waals surface area contributed by atoms with Gasteiger partial charge in [-0.05, 0) is 15.9 Å². The molecule has 2 unspecified atom stereocenters. The van der Waals surface area contributed by atoms with Crippen LogP contribution in [0.15, 0.2) is 0 Å². The molecule has 0 saturated carbocycles. The number of aliphatic hydroxyl groups is 1. The first-order valence-corrected chi connectivity index (χ1v) is 4.50. The average Bonchev–Trinajstić information content (AvgIpc) is 1.82. The minimum Gasteiger partial charge on any atom is -0.550 e. The van der Waals surface area contributed by atoms with Gasteiger partial charge < -0.3 is 19.5 Å². The van der Waals surface area contributed by atoms with Crippen molar-refractivity contribution in [1.29, 1.82) is 0 Å². The van der Waals surface area contributed by atoms with Crippen LogP contribution in [0.3, 0.4) is 0 Å². The highest BCUT2D eigenvalue weighted by Gasteiger charge is 2.28. The molecule has 5 heteroatoms. The lowest BCUT2D eigenvalue weighted by atomic mass is 10.2. The number of likely N-dealkylation sites (N-methyl/N-ethyl adjacent to an activating group) is 1. The third-order valence-corrected chi connectivity index (χ3v) is 3.27. The van der Waals surface area contributed by atoms with Crippen LogP contribution in [0.2, 0.25) is 0 Å². The number of alkyl halides is 1. The fraction of sp³-hybridized carbons (Fsp3) is 0.857. The Balaban J connectivity index is 4.10. The van der Waals surface area contributed by atoms with Gasteiger partial charge in [-0.15, -0.1) is 0 Å². The third-order valence-electron chi connectivity index (χ3n) is 1.43. The lowest BCUT2D eigenvalue weighted by molar-refractivity contribution is -0.882. The van der Waals surface area contributed by atoms with Gasteiger partial charge >= 0.3 is 0 Å². The van der Waals surface area contributed by atoms with E-state index in [1.165, 1.54) is 0 Å². The second kappa shape index (κ2) is 4.20. The van der Waals surface area contributed by atoms with Crippen LogP contribution in [-0.4, -0.2) is 47.8 Å². The number of carbonyl (C=O) groups is 1. The first-order chi connectivity index (χ1) is 5.25. The molecular formula is C7H14BrNO3. The number of aliphatic hydroxyl groups excluding tert-OH is 1. The van der Waals surface area contributed by atoms with Crippen molar-refractivity contribution in [2.75, 3.05) is 21.1 Å². The Morgan fingerprint density at radius 2 is 2.00 bits per heavy atom. The van der Waals surface area contributed by atoms with E-state index in [-0.39, 0.29) is 11.4 Å². The molecule has 0 heterocycles. The summed E-state index contributed by atoms with van der Waals surface area (Å²) in [5.74, 6) is -1.24. The van der Waals surface area contributed by atoms with Crippen molar-refractivity contribution in [2.24, 2.45) is 0 Å². The number of aliphatic carboxylic acids is 1. The van der Waals surface area contributed by atoms with E-state index in [9.17, 15) is 15.0 Å². The first kappa shape index (κ1) is 11.9. The fourth-order valence-corrected chi connectivity index (χ4v) is 0.971. The Morgan fingerprint density at radius 1 is 1.58 bits per heavy atom. The summed E-state index contributed by atoms with van der Waals surface area (Å²) in [5, 5.41) is 19.5. The molecule has 0 aromatic carbocycles. The van der Waals surface area contributed by atoms with E-state index >= 15 is 0 Å². The molecule has 0 saturated heterocycles. The molecule has 1 N–H and O–H groups in total. The zero-order valence-electron chi connectivity index (χ0n) is 7.45. The topological polar surface area (TPSA) is 60.4 Å². The maximum Gasteiger partial charge on any atom is 0.170 e. The van der Waals surface area contributed by atoms with Gasteiger partial charge in [0.1, 0.15) is 6.10 Å². The van der Waals surface area contributed by atoms with Crippen LogP contribution in [0.5, 0.6) is 0 Å². The van der Waals surface area contributed by atoms with Gasteiger partial charge in [-0.1, -0.05) is 0 Å². The summed E-state index contributed by atoms with van der Waals surface area (Å²) in [6, 6.07) is 0. The maximum absolute atomic E-state index is 10.1. The average molecular weight is 240 g/mol. The second-order valence-corrected chi connectivity index (χ2v) is 4.57. The van der Waals surface area contributed by atoms with Gasteiger partial charge in [-0.25, -0.2) is 0 Å². The highest BCUT2D eigenvalue weighted by atomic mass is 79.9. The van der Waals surface area contributed by atoms with E-state index in [1.807, 2.05) is 21.1 Å². The van der Waals surface area contributed by atoms with Crippen molar-refractivity contribution < 1.29 is 19.5 Å². The predicted octanol–water partition coefficient (Wildman–Crippen LogP) is -1.09. The summed E-state index contributed by atoms with van der Waals surface area (Å²) < 4.78 is 0.453. The fourth-order valence-electron chi connectivity index (χ4n) is 0.784. The summed E-state index contributed by atoms with van der Waals surface area (Å²) in [4.78, 5) is 9.85. The zero-order chi connectivity index (χ0) is 9.94. The van der Waals surface area contributed by atoms with Crippen molar-refractivity contribution in [3.05, 3.63) is 0 Å². The number of rotatable bonds is 4. The number of hydrogen-bond donors (Lipinski definition) is 1. The predicted molar refractivity (Wildman–Crippen MR) is 46.4 cm³/mol. The van der Waals surface area contributed by atoms with Crippen molar-refractivity contribution in [2.45, 2.75) is 17.5 Å². The molecule has 0 amide bonds. The summed E-state index contributed by atoms with van der Waals surface area (Å²) >= 11 is 3.22. The van der Waals surface area contributed by atoms with E-state index in [2.05, 4.69) is 15.9 Å². The highest BCUT2D eigenvalue weighted by molar-refractivity contribution is 9.09. The number of nitrogens with zero attached hydrogens (tertiary/aromatic N) is 1. The first-order valence-electron chi connectivity index (χ1n) is 3.58. The van der Waals surface area contributed by atoms with E-state index in [1.54, 1.807) is 0 Å². The monoisotopic (exact) mass is 239 g/mol. The smallest absolute Gasteiger partial charge is 0.170 e. The Kier molecular flexibility index (Phi) is 4.16. The van der Waals surface area contributed by atoms with Crippen LogP contribution in [-0.2, 0) is 4.79 Å². The third kappa shape index (κ3) is 4.04. The van der Waals surface area contributed by atoms with Gasteiger partial charge in [-0.3, -0.25) is 0 Å². The molecule has 72 valence electrons. The van der Waals surface area contributed by atoms with E-state index in [0.29, 0.717) is 4.48 Å². The Hall–Kier alpha value is -0.130. The molecule has 0 aliphatic rings. The van der Waals surface area contributed by atoms with Crippen LogP contribution < -0.4 is 5.11 Å². The zero-order valence-corrected chi connectivity index (χ0v) is 9.04. The molecule has 4 nitrogen and oxygen atoms in total. The van der Waals surface area contributed by atoms with Crippen LogP contribution in [0.4, 0.5) is 0 Å². The van der Waals surface area contributed by atoms with Gasteiger partial charge in [0.15, 0.2) is 4.95 Å². The minimum atomic E-state index is -1.24. The number of carbonyl (C=O) groups excluding carboxylic acids is 1.